The second kappa shape index (κ2) is 2.59. The summed E-state index contributed by atoms with van der Waals surface area (Å²) in [5.74, 6) is 0.220. The molecule has 0 aromatic heterocycles. The molecule has 1 N–H and O–H groups in total. The molecule has 0 aromatic rings. The molecule has 1 aliphatic rings. The molecule has 0 aromatic carbocycles. The SMILES string of the molecule is CC[C@H]1CCC[C@@]1(O)C#N. The molecule has 1 fully saturated rings. The molecular formula is C8H13NO. The van der Waals surface area contributed by atoms with Gasteiger partial charge >= 0.3 is 0 Å². The summed E-state index contributed by atoms with van der Waals surface area (Å²) < 4.78 is 0. The van der Waals surface area contributed by atoms with Crippen LogP contribution in [0.25, 0.3) is 0 Å². The van der Waals surface area contributed by atoms with E-state index in [1.54, 1.807) is 0 Å². The van der Waals surface area contributed by atoms with Gasteiger partial charge in [-0.25, -0.2) is 0 Å². The van der Waals surface area contributed by atoms with E-state index in [0.29, 0.717) is 6.42 Å². The predicted octanol–water partition coefficient (Wildman–Crippen LogP) is 1.45. The molecule has 0 unspecified atom stereocenters. The van der Waals surface area contributed by atoms with Gasteiger partial charge in [-0.15, -0.1) is 0 Å². The van der Waals surface area contributed by atoms with Crippen molar-refractivity contribution in [1.82, 2.24) is 0 Å². The van der Waals surface area contributed by atoms with Crippen LogP contribution in [0.4, 0.5) is 0 Å². The van der Waals surface area contributed by atoms with E-state index in [2.05, 4.69) is 0 Å². The largest absolute Gasteiger partial charge is 0.375 e. The van der Waals surface area contributed by atoms with Crippen molar-refractivity contribution in [2.75, 3.05) is 0 Å². The lowest BCUT2D eigenvalue weighted by Crippen LogP contribution is -2.30. The summed E-state index contributed by atoms with van der Waals surface area (Å²) in [6.45, 7) is 2.03. The van der Waals surface area contributed by atoms with Crippen LogP contribution in [-0.2, 0) is 0 Å². The third-order valence-corrected chi connectivity index (χ3v) is 2.47. The summed E-state index contributed by atoms with van der Waals surface area (Å²) in [5.41, 5.74) is -0.991. The van der Waals surface area contributed by atoms with Gasteiger partial charge in [0.15, 0.2) is 5.60 Å². The van der Waals surface area contributed by atoms with E-state index >= 15 is 0 Å². The van der Waals surface area contributed by atoms with Crippen molar-refractivity contribution < 1.29 is 5.11 Å². The zero-order valence-electron chi connectivity index (χ0n) is 6.30. The highest BCUT2D eigenvalue weighted by molar-refractivity contribution is 5.07. The predicted molar refractivity (Wildman–Crippen MR) is 38.2 cm³/mol. The van der Waals surface area contributed by atoms with Crippen molar-refractivity contribution >= 4 is 0 Å². The Balaban J connectivity index is 2.68. The molecule has 0 saturated heterocycles. The molecule has 0 aliphatic heterocycles. The van der Waals surface area contributed by atoms with Crippen molar-refractivity contribution in [2.45, 2.75) is 38.2 Å². The van der Waals surface area contributed by atoms with Crippen molar-refractivity contribution in [1.29, 1.82) is 5.26 Å². The molecule has 0 amide bonds. The van der Waals surface area contributed by atoms with Gasteiger partial charge in [-0.2, -0.15) is 5.26 Å². The lowest BCUT2D eigenvalue weighted by atomic mass is 9.90. The standard InChI is InChI=1S/C8H13NO/c1-2-7-4-3-5-8(7,10)6-9/h7,10H,2-5H2,1H3/t7-,8+/m0/s1. The van der Waals surface area contributed by atoms with Gasteiger partial charge in [-0.3, -0.25) is 0 Å². The van der Waals surface area contributed by atoms with E-state index in [1.165, 1.54) is 0 Å². The molecule has 2 heteroatoms. The maximum absolute atomic E-state index is 9.60. The minimum atomic E-state index is -0.991. The van der Waals surface area contributed by atoms with Crippen molar-refractivity contribution in [2.24, 2.45) is 5.92 Å². The molecule has 0 bridgehead atoms. The summed E-state index contributed by atoms with van der Waals surface area (Å²) in [7, 11) is 0. The lowest BCUT2D eigenvalue weighted by molar-refractivity contribution is 0.0572. The summed E-state index contributed by atoms with van der Waals surface area (Å²) in [5, 5.41) is 18.2. The highest BCUT2D eigenvalue weighted by atomic mass is 16.3. The van der Waals surface area contributed by atoms with Gasteiger partial charge < -0.3 is 5.11 Å². The van der Waals surface area contributed by atoms with Gasteiger partial charge in [0.2, 0.25) is 0 Å². The highest BCUT2D eigenvalue weighted by Crippen LogP contribution is 2.36. The summed E-state index contributed by atoms with van der Waals surface area (Å²) in [4.78, 5) is 0. The molecule has 56 valence electrons. The Hall–Kier alpha value is -0.550. The zero-order valence-corrected chi connectivity index (χ0v) is 6.30. The van der Waals surface area contributed by atoms with Gasteiger partial charge in [0.25, 0.3) is 0 Å². The number of nitrogens with zero attached hydrogens (tertiary/aromatic N) is 1. The fourth-order valence-corrected chi connectivity index (χ4v) is 1.75. The van der Waals surface area contributed by atoms with Gasteiger partial charge in [-0.05, 0) is 25.7 Å². The van der Waals surface area contributed by atoms with Crippen LogP contribution < -0.4 is 0 Å². The number of rotatable bonds is 1. The first-order chi connectivity index (χ1) is 4.73. The Kier molecular flexibility index (Phi) is 1.96. The van der Waals surface area contributed by atoms with Crippen LogP contribution in [0.5, 0.6) is 0 Å². The van der Waals surface area contributed by atoms with E-state index in [9.17, 15) is 5.11 Å². The van der Waals surface area contributed by atoms with E-state index in [0.717, 1.165) is 19.3 Å². The van der Waals surface area contributed by atoms with Crippen LogP contribution >= 0.6 is 0 Å². The Morgan fingerprint density at radius 1 is 1.80 bits per heavy atom. The van der Waals surface area contributed by atoms with Crippen LogP contribution in [0.2, 0.25) is 0 Å². The number of hydrogen-bond acceptors (Lipinski definition) is 2. The summed E-state index contributed by atoms with van der Waals surface area (Å²) in [6.07, 6.45) is 3.61. The third kappa shape index (κ3) is 1.02. The van der Waals surface area contributed by atoms with E-state index in [4.69, 9.17) is 5.26 Å². The highest BCUT2D eigenvalue weighted by Gasteiger charge is 2.39. The average molecular weight is 139 g/mol. The molecule has 10 heavy (non-hydrogen) atoms. The van der Waals surface area contributed by atoms with E-state index < -0.39 is 5.60 Å². The maximum atomic E-state index is 9.60. The van der Waals surface area contributed by atoms with Crippen LogP contribution in [0, 0.1) is 17.2 Å². The second-order valence-electron chi connectivity index (χ2n) is 3.03. The Morgan fingerprint density at radius 3 is 2.90 bits per heavy atom. The second-order valence-corrected chi connectivity index (χ2v) is 3.03. The normalized spacial score (nSPS) is 39.5. The molecule has 1 aliphatic carbocycles. The fraction of sp³-hybridized carbons (Fsp3) is 0.875. The van der Waals surface area contributed by atoms with Crippen molar-refractivity contribution in [3.8, 4) is 6.07 Å². The summed E-state index contributed by atoms with van der Waals surface area (Å²) >= 11 is 0. The molecule has 0 heterocycles. The molecule has 1 rings (SSSR count). The van der Waals surface area contributed by atoms with Crippen molar-refractivity contribution in [3.05, 3.63) is 0 Å². The first kappa shape index (κ1) is 7.56. The monoisotopic (exact) mass is 139 g/mol. The molecule has 2 nitrogen and oxygen atoms in total. The number of nitriles is 1. The Morgan fingerprint density at radius 2 is 2.50 bits per heavy atom. The fourth-order valence-electron chi connectivity index (χ4n) is 1.75. The maximum Gasteiger partial charge on any atom is 0.153 e. The van der Waals surface area contributed by atoms with Crippen LogP contribution in [0.15, 0.2) is 0 Å². The van der Waals surface area contributed by atoms with Gasteiger partial charge in [0.1, 0.15) is 0 Å². The zero-order chi connectivity index (χ0) is 7.61. The minimum Gasteiger partial charge on any atom is -0.375 e. The van der Waals surface area contributed by atoms with Gasteiger partial charge in [-0.1, -0.05) is 6.92 Å². The summed E-state index contributed by atoms with van der Waals surface area (Å²) in [6, 6.07) is 2.00. The smallest absolute Gasteiger partial charge is 0.153 e. The molecule has 0 spiro atoms. The van der Waals surface area contributed by atoms with E-state index in [-0.39, 0.29) is 5.92 Å². The molecule has 0 radical (unpaired) electrons. The molecular weight excluding hydrogens is 126 g/mol. The third-order valence-electron chi connectivity index (χ3n) is 2.47. The minimum absolute atomic E-state index is 0.220. The van der Waals surface area contributed by atoms with E-state index in [1.807, 2.05) is 13.0 Å². The van der Waals surface area contributed by atoms with Gasteiger partial charge in [0, 0.05) is 5.92 Å². The Labute approximate surface area is 61.5 Å². The van der Waals surface area contributed by atoms with Crippen LogP contribution in [0.1, 0.15) is 32.6 Å². The topological polar surface area (TPSA) is 44.0 Å². The molecule has 1 saturated carbocycles. The van der Waals surface area contributed by atoms with Crippen LogP contribution in [0.3, 0.4) is 0 Å². The first-order valence-electron chi connectivity index (χ1n) is 3.86. The number of hydrogen-bond donors (Lipinski definition) is 1. The Bertz CT molecular complexity index is 161. The van der Waals surface area contributed by atoms with Crippen molar-refractivity contribution in [3.63, 3.8) is 0 Å². The first-order valence-corrected chi connectivity index (χ1v) is 3.86. The lowest BCUT2D eigenvalue weighted by Gasteiger charge is -2.20. The molecule has 2 atom stereocenters. The van der Waals surface area contributed by atoms with Crippen LogP contribution in [-0.4, -0.2) is 10.7 Å². The van der Waals surface area contributed by atoms with Gasteiger partial charge in [0.05, 0.1) is 6.07 Å². The quantitative estimate of drug-likeness (QED) is 0.559. The average Bonchev–Trinajstić information content (AvgIpc) is 2.32. The number of aliphatic hydroxyl groups is 1.